The van der Waals surface area contributed by atoms with Gasteiger partial charge >= 0.3 is 10.2 Å². The van der Waals surface area contributed by atoms with Crippen molar-refractivity contribution in [3.63, 3.8) is 0 Å². The lowest BCUT2D eigenvalue weighted by Gasteiger charge is -2.17. The van der Waals surface area contributed by atoms with Crippen LogP contribution in [0.2, 0.25) is 0 Å². The Balaban J connectivity index is 3.01. The predicted octanol–water partition coefficient (Wildman–Crippen LogP) is 0.0976. The summed E-state index contributed by atoms with van der Waals surface area (Å²) >= 11 is 0. The van der Waals surface area contributed by atoms with Gasteiger partial charge < -0.3 is 0 Å². The summed E-state index contributed by atoms with van der Waals surface area (Å²) in [6.45, 7) is 7.10. The first-order valence-corrected chi connectivity index (χ1v) is 5.97. The molecule has 1 aliphatic heterocycles. The molecule has 5 nitrogen and oxygen atoms in total. The molecule has 1 aliphatic rings. The summed E-state index contributed by atoms with van der Waals surface area (Å²) in [5.41, 5.74) is -1.01. The highest BCUT2D eigenvalue weighted by Crippen LogP contribution is 2.21. The van der Waals surface area contributed by atoms with E-state index in [9.17, 15) is 13.2 Å². The quantitative estimate of drug-likeness (QED) is 0.717. The maximum absolute atomic E-state index is 11.7. The number of rotatable bonds is 2. The molecule has 14 heavy (non-hydrogen) atoms. The Morgan fingerprint density at radius 3 is 2.21 bits per heavy atom. The van der Waals surface area contributed by atoms with Crippen LogP contribution < -0.4 is 4.72 Å². The Kier molecular flexibility index (Phi) is 2.62. The SMILES string of the molecule is CC(C)CN1C(=O)C(C)(C)NS1(=O)=O. The fraction of sp³-hybridized carbons (Fsp3) is 0.875. The Morgan fingerprint density at radius 2 is 1.93 bits per heavy atom. The Morgan fingerprint density at radius 1 is 1.43 bits per heavy atom. The molecule has 0 radical (unpaired) electrons. The van der Waals surface area contributed by atoms with Crippen LogP contribution in [-0.2, 0) is 15.0 Å². The standard InChI is InChI=1S/C8H16N2O3S/c1-6(2)5-10-7(11)8(3,4)9-14(10,12)13/h6,9H,5H2,1-4H3. The van der Waals surface area contributed by atoms with Crippen molar-refractivity contribution in [1.29, 1.82) is 0 Å². The first-order chi connectivity index (χ1) is 6.17. The molecule has 0 aliphatic carbocycles. The molecule has 1 saturated heterocycles. The van der Waals surface area contributed by atoms with Crippen molar-refractivity contribution in [3.05, 3.63) is 0 Å². The topological polar surface area (TPSA) is 66.5 Å². The van der Waals surface area contributed by atoms with Crippen molar-refractivity contribution in [2.24, 2.45) is 5.92 Å². The summed E-state index contributed by atoms with van der Waals surface area (Å²) in [5, 5.41) is 0. The largest absolute Gasteiger partial charge is 0.304 e. The van der Waals surface area contributed by atoms with E-state index in [0.717, 1.165) is 4.31 Å². The van der Waals surface area contributed by atoms with Crippen LogP contribution in [0.15, 0.2) is 0 Å². The molecule has 0 bridgehead atoms. The number of carbonyl (C=O) groups is 1. The molecule has 0 aromatic heterocycles. The average molecular weight is 220 g/mol. The summed E-state index contributed by atoms with van der Waals surface area (Å²) in [7, 11) is -3.61. The summed E-state index contributed by atoms with van der Waals surface area (Å²) < 4.78 is 26.3. The second-order valence-corrected chi connectivity index (χ2v) is 6.06. The van der Waals surface area contributed by atoms with Crippen molar-refractivity contribution >= 4 is 16.1 Å². The number of amides is 1. The van der Waals surface area contributed by atoms with Crippen LogP contribution in [0.1, 0.15) is 27.7 Å². The lowest BCUT2D eigenvalue weighted by Crippen LogP contribution is -2.40. The minimum atomic E-state index is -3.61. The molecule has 1 amide bonds. The van der Waals surface area contributed by atoms with Gasteiger partial charge in [-0.15, -0.1) is 0 Å². The molecule has 0 atom stereocenters. The fourth-order valence-corrected chi connectivity index (χ4v) is 3.14. The van der Waals surface area contributed by atoms with E-state index in [0.29, 0.717) is 0 Å². The van der Waals surface area contributed by atoms with E-state index in [-0.39, 0.29) is 18.4 Å². The van der Waals surface area contributed by atoms with Crippen molar-refractivity contribution < 1.29 is 13.2 Å². The number of carbonyl (C=O) groups excluding carboxylic acids is 1. The minimum Gasteiger partial charge on any atom is -0.272 e. The van der Waals surface area contributed by atoms with Gasteiger partial charge in [-0.3, -0.25) is 4.79 Å². The molecule has 82 valence electrons. The number of nitrogens with one attached hydrogen (secondary N) is 1. The van der Waals surface area contributed by atoms with Gasteiger partial charge in [0, 0.05) is 6.54 Å². The van der Waals surface area contributed by atoms with Gasteiger partial charge in [0.15, 0.2) is 0 Å². The van der Waals surface area contributed by atoms with E-state index in [1.54, 1.807) is 13.8 Å². The van der Waals surface area contributed by atoms with Gasteiger partial charge in [-0.25, -0.2) is 4.31 Å². The van der Waals surface area contributed by atoms with Crippen LogP contribution in [0.4, 0.5) is 0 Å². The Labute approximate surface area is 84.7 Å². The van der Waals surface area contributed by atoms with Crippen molar-refractivity contribution in [1.82, 2.24) is 9.03 Å². The zero-order valence-corrected chi connectivity index (χ0v) is 9.68. The lowest BCUT2D eigenvalue weighted by atomic mass is 10.1. The molecule has 1 N–H and O–H groups in total. The van der Waals surface area contributed by atoms with Gasteiger partial charge in [-0.1, -0.05) is 13.8 Å². The first-order valence-electron chi connectivity index (χ1n) is 4.53. The van der Waals surface area contributed by atoms with Crippen LogP contribution >= 0.6 is 0 Å². The Hall–Kier alpha value is -0.620. The van der Waals surface area contributed by atoms with E-state index in [1.165, 1.54) is 0 Å². The zero-order chi connectivity index (χ0) is 11.1. The van der Waals surface area contributed by atoms with Gasteiger partial charge in [0.05, 0.1) is 0 Å². The normalized spacial score (nSPS) is 24.6. The third kappa shape index (κ3) is 1.90. The van der Waals surface area contributed by atoms with Gasteiger partial charge in [-0.05, 0) is 19.8 Å². The van der Waals surface area contributed by atoms with E-state index in [1.807, 2.05) is 13.8 Å². The molecule has 0 spiro atoms. The molecule has 1 rings (SSSR count). The van der Waals surface area contributed by atoms with E-state index in [4.69, 9.17) is 0 Å². The molecule has 0 aromatic carbocycles. The van der Waals surface area contributed by atoms with Crippen LogP contribution in [-0.4, -0.2) is 30.7 Å². The number of hydrogen-bond acceptors (Lipinski definition) is 3. The van der Waals surface area contributed by atoms with E-state index >= 15 is 0 Å². The van der Waals surface area contributed by atoms with Crippen LogP contribution in [0.25, 0.3) is 0 Å². The van der Waals surface area contributed by atoms with Crippen LogP contribution in [0.3, 0.4) is 0 Å². The molecule has 0 unspecified atom stereocenters. The third-order valence-electron chi connectivity index (χ3n) is 1.97. The molecule has 6 heteroatoms. The summed E-state index contributed by atoms with van der Waals surface area (Å²) in [6.07, 6.45) is 0. The highest BCUT2D eigenvalue weighted by molar-refractivity contribution is 7.88. The minimum absolute atomic E-state index is 0.129. The van der Waals surface area contributed by atoms with Crippen molar-refractivity contribution in [2.75, 3.05) is 6.54 Å². The third-order valence-corrected chi connectivity index (χ3v) is 3.63. The smallest absolute Gasteiger partial charge is 0.272 e. The van der Waals surface area contributed by atoms with Gasteiger partial charge in [-0.2, -0.15) is 13.1 Å². The summed E-state index contributed by atoms with van der Waals surface area (Å²) in [6, 6.07) is 0. The molecule has 0 aromatic rings. The monoisotopic (exact) mass is 220 g/mol. The average Bonchev–Trinajstić information content (AvgIpc) is 2.08. The molecule has 1 heterocycles. The lowest BCUT2D eigenvalue weighted by molar-refractivity contribution is -0.129. The Bertz CT molecular complexity index is 346. The van der Waals surface area contributed by atoms with Crippen molar-refractivity contribution in [2.45, 2.75) is 33.2 Å². The van der Waals surface area contributed by atoms with E-state index in [2.05, 4.69) is 4.72 Å². The zero-order valence-electron chi connectivity index (χ0n) is 8.86. The highest BCUT2D eigenvalue weighted by Gasteiger charge is 2.48. The second kappa shape index (κ2) is 3.20. The molecular weight excluding hydrogens is 204 g/mol. The summed E-state index contributed by atoms with van der Waals surface area (Å²) in [5.74, 6) is -0.254. The number of nitrogens with zero attached hydrogens (tertiary/aromatic N) is 1. The van der Waals surface area contributed by atoms with Crippen LogP contribution in [0.5, 0.6) is 0 Å². The number of hydrogen-bond donors (Lipinski definition) is 1. The second-order valence-electron chi connectivity index (χ2n) is 4.46. The van der Waals surface area contributed by atoms with Gasteiger partial charge in [0.2, 0.25) is 0 Å². The van der Waals surface area contributed by atoms with Crippen LogP contribution in [0, 0.1) is 5.92 Å². The molecule has 0 saturated carbocycles. The fourth-order valence-electron chi connectivity index (χ4n) is 1.35. The molecular formula is C8H16N2O3S. The maximum atomic E-state index is 11.7. The summed E-state index contributed by atoms with van der Waals surface area (Å²) in [4.78, 5) is 11.7. The predicted molar refractivity (Wildman–Crippen MR) is 52.7 cm³/mol. The van der Waals surface area contributed by atoms with Gasteiger partial charge in [0.25, 0.3) is 5.91 Å². The highest BCUT2D eigenvalue weighted by atomic mass is 32.2. The maximum Gasteiger partial charge on any atom is 0.304 e. The first kappa shape index (κ1) is 11.5. The van der Waals surface area contributed by atoms with E-state index < -0.39 is 15.7 Å². The molecule has 1 fully saturated rings. The van der Waals surface area contributed by atoms with Crippen molar-refractivity contribution in [3.8, 4) is 0 Å². The van der Waals surface area contributed by atoms with Gasteiger partial charge in [0.1, 0.15) is 5.54 Å².